The highest BCUT2D eigenvalue weighted by Gasteiger charge is 2.40. The van der Waals surface area contributed by atoms with Gasteiger partial charge in [-0.2, -0.15) is 10.2 Å². The molecule has 112 valence electrons. The van der Waals surface area contributed by atoms with E-state index in [1.54, 1.807) is 18.6 Å². The molecule has 0 unspecified atom stereocenters. The third-order valence-corrected chi connectivity index (χ3v) is 3.87. The second-order valence-corrected chi connectivity index (χ2v) is 5.15. The van der Waals surface area contributed by atoms with Crippen LogP contribution in [0, 0.1) is 0 Å². The first-order chi connectivity index (χ1) is 11.4. The van der Waals surface area contributed by atoms with Crippen LogP contribution in [0.3, 0.4) is 0 Å². The van der Waals surface area contributed by atoms with Crippen molar-refractivity contribution in [1.29, 1.82) is 0 Å². The van der Waals surface area contributed by atoms with Crippen molar-refractivity contribution in [2.45, 2.75) is 5.66 Å². The van der Waals surface area contributed by atoms with Gasteiger partial charge < -0.3 is 0 Å². The lowest BCUT2D eigenvalue weighted by atomic mass is 9.95. The standard InChI is InChI=1S/C18H15N5/c1-2-8-16(9-3-1)18(22-14-6-12-20-22,23-15-7-13-21-23)17-10-4-5-11-19-17/h1-15H. The van der Waals surface area contributed by atoms with Crippen LogP contribution in [-0.4, -0.2) is 24.5 Å². The molecule has 0 aliphatic heterocycles. The van der Waals surface area contributed by atoms with Gasteiger partial charge in [-0.1, -0.05) is 36.4 Å². The SMILES string of the molecule is c1ccc(C(c2ccccn2)(n2cccn2)n2cccn2)cc1. The Morgan fingerprint density at radius 2 is 1.30 bits per heavy atom. The van der Waals surface area contributed by atoms with Crippen molar-refractivity contribution in [3.05, 3.63) is 103 Å². The van der Waals surface area contributed by atoms with Gasteiger partial charge in [0.2, 0.25) is 5.66 Å². The molecule has 23 heavy (non-hydrogen) atoms. The van der Waals surface area contributed by atoms with Gasteiger partial charge in [-0.15, -0.1) is 0 Å². The molecule has 0 atom stereocenters. The Balaban J connectivity index is 2.11. The number of nitrogens with zero attached hydrogens (tertiary/aromatic N) is 5. The van der Waals surface area contributed by atoms with Crippen molar-refractivity contribution in [1.82, 2.24) is 24.5 Å². The van der Waals surface area contributed by atoms with Gasteiger partial charge in [0.15, 0.2) is 0 Å². The Kier molecular flexibility index (Phi) is 3.24. The summed E-state index contributed by atoms with van der Waals surface area (Å²) in [5.74, 6) is 0. The predicted octanol–water partition coefficient (Wildman–Crippen LogP) is 2.77. The van der Waals surface area contributed by atoms with E-state index in [1.165, 1.54) is 0 Å². The van der Waals surface area contributed by atoms with Crippen molar-refractivity contribution in [2.24, 2.45) is 0 Å². The predicted molar refractivity (Wildman–Crippen MR) is 86.7 cm³/mol. The molecule has 0 saturated heterocycles. The van der Waals surface area contributed by atoms with E-state index >= 15 is 0 Å². The summed E-state index contributed by atoms with van der Waals surface area (Å²) in [6.07, 6.45) is 9.20. The number of aromatic nitrogens is 5. The van der Waals surface area contributed by atoms with Crippen molar-refractivity contribution < 1.29 is 0 Å². The fourth-order valence-electron chi connectivity index (χ4n) is 2.91. The van der Waals surface area contributed by atoms with Gasteiger partial charge in [-0.25, -0.2) is 9.36 Å². The monoisotopic (exact) mass is 301 g/mol. The fourth-order valence-corrected chi connectivity index (χ4v) is 2.91. The van der Waals surface area contributed by atoms with Gasteiger partial charge in [0.25, 0.3) is 0 Å². The number of benzene rings is 1. The van der Waals surface area contributed by atoms with Gasteiger partial charge in [0.1, 0.15) is 0 Å². The summed E-state index contributed by atoms with van der Waals surface area (Å²) in [6, 6.07) is 19.9. The van der Waals surface area contributed by atoms with Gasteiger partial charge >= 0.3 is 0 Å². The molecule has 0 bridgehead atoms. The second kappa shape index (κ2) is 5.53. The zero-order chi connectivity index (χ0) is 15.5. The molecule has 4 aromatic rings. The van der Waals surface area contributed by atoms with E-state index in [0.717, 1.165) is 11.3 Å². The maximum atomic E-state index is 4.62. The normalized spacial score (nSPS) is 11.5. The van der Waals surface area contributed by atoms with Crippen LogP contribution in [0.2, 0.25) is 0 Å². The van der Waals surface area contributed by atoms with Crippen LogP contribution >= 0.6 is 0 Å². The first-order valence-electron chi connectivity index (χ1n) is 7.39. The van der Waals surface area contributed by atoms with E-state index in [1.807, 2.05) is 70.3 Å². The molecule has 0 aliphatic rings. The van der Waals surface area contributed by atoms with E-state index in [-0.39, 0.29) is 0 Å². The van der Waals surface area contributed by atoms with Crippen LogP contribution in [-0.2, 0) is 5.66 Å². The maximum absolute atomic E-state index is 4.62. The molecule has 0 saturated carbocycles. The zero-order valence-corrected chi connectivity index (χ0v) is 12.4. The lowest BCUT2D eigenvalue weighted by molar-refractivity contribution is 0.288. The molecule has 3 aromatic heterocycles. The average Bonchev–Trinajstić information content (AvgIpc) is 3.32. The molecule has 3 heterocycles. The number of hydrogen-bond acceptors (Lipinski definition) is 3. The molecule has 4 rings (SSSR count). The van der Waals surface area contributed by atoms with Crippen LogP contribution < -0.4 is 0 Å². The molecule has 0 fully saturated rings. The second-order valence-electron chi connectivity index (χ2n) is 5.15. The van der Waals surface area contributed by atoms with Gasteiger partial charge in [0.05, 0.1) is 5.69 Å². The molecule has 0 radical (unpaired) electrons. The third kappa shape index (κ3) is 2.05. The fraction of sp³-hybridized carbons (Fsp3) is 0.0556. The van der Waals surface area contributed by atoms with E-state index in [2.05, 4.69) is 27.3 Å². The third-order valence-electron chi connectivity index (χ3n) is 3.87. The Hall–Kier alpha value is -3.21. The zero-order valence-electron chi connectivity index (χ0n) is 12.4. The molecule has 0 amide bonds. The van der Waals surface area contributed by atoms with Gasteiger partial charge in [-0.3, -0.25) is 4.98 Å². The molecule has 0 aliphatic carbocycles. The van der Waals surface area contributed by atoms with Crippen molar-refractivity contribution in [3.63, 3.8) is 0 Å². The highest BCUT2D eigenvalue weighted by atomic mass is 15.5. The maximum Gasteiger partial charge on any atom is 0.221 e. The Morgan fingerprint density at radius 1 is 0.652 bits per heavy atom. The van der Waals surface area contributed by atoms with E-state index in [9.17, 15) is 0 Å². The summed E-state index contributed by atoms with van der Waals surface area (Å²) in [4.78, 5) is 4.62. The number of hydrogen-bond donors (Lipinski definition) is 0. The molecule has 0 spiro atoms. The number of pyridine rings is 1. The van der Waals surface area contributed by atoms with Crippen molar-refractivity contribution in [3.8, 4) is 0 Å². The highest BCUT2D eigenvalue weighted by Crippen LogP contribution is 2.33. The van der Waals surface area contributed by atoms with Gasteiger partial charge in [-0.05, 0) is 24.3 Å². The molecular formula is C18H15N5. The van der Waals surface area contributed by atoms with Crippen LogP contribution in [0.25, 0.3) is 0 Å². The Bertz CT molecular complexity index is 777. The quantitative estimate of drug-likeness (QED) is 0.582. The lowest BCUT2D eigenvalue weighted by Gasteiger charge is -2.34. The summed E-state index contributed by atoms with van der Waals surface area (Å²) in [5, 5.41) is 9.03. The smallest absolute Gasteiger partial charge is 0.221 e. The molecule has 5 heteroatoms. The van der Waals surface area contributed by atoms with Gasteiger partial charge in [0, 0.05) is 36.5 Å². The molecule has 5 nitrogen and oxygen atoms in total. The molecular weight excluding hydrogens is 286 g/mol. The minimum atomic E-state index is -0.768. The van der Waals surface area contributed by atoms with Crippen LogP contribution in [0.4, 0.5) is 0 Å². The summed E-state index contributed by atoms with van der Waals surface area (Å²) < 4.78 is 3.77. The molecule has 0 N–H and O–H groups in total. The van der Waals surface area contributed by atoms with E-state index < -0.39 is 5.66 Å². The van der Waals surface area contributed by atoms with Crippen LogP contribution in [0.5, 0.6) is 0 Å². The Morgan fingerprint density at radius 3 is 1.83 bits per heavy atom. The van der Waals surface area contributed by atoms with E-state index in [4.69, 9.17) is 0 Å². The van der Waals surface area contributed by atoms with Crippen molar-refractivity contribution >= 4 is 0 Å². The first-order valence-corrected chi connectivity index (χ1v) is 7.39. The molecule has 1 aromatic carbocycles. The topological polar surface area (TPSA) is 48.5 Å². The average molecular weight is 301 g/mol. The minimum absolute atomic E-state index is 0.768. The van der Waals surface area contributed by atoms with E-state index in [0.29, 0.717) is 0 Å². The number of rotatable bonds is 4. The van der Waals surface area contributed by atoms with Crippen LogP contribution in [0.15, 0.2) is 91.6 Å². The lowest BCUT2D eigenvalue weighted by Crippen LogP contribution is -2.45. The summed E-state index contributed by atoms with van der Waals surface area (Å²) in [7, 11) is 0. The largest absolute Gasteiger partial charge is 0.256 e. The minimum Gasteiger partial charge on any atom is -0.256 e. The highest BCUT2D eigenvalue weighted by molar-refractivity contribution is 5.36. The summed E-state index contributed by atoms with van der Waals surface area (Å²) >= 11 is 0. The Labute approximate surface area is 133 Å². The van der Waals surface area contributed by atoms with Crippen molar-refractivity contribution in [2.75, 3.05) is 0 Å². The summed E-state index contributed by atoms with van der Waals surface area (Å²) in [6.45, 7) is 0. The first kappa shape index (κ1) is 13.5. The summed E-state index contributed by atoms with van der Waals surface area (Å²) in [5.41, 5.74) is 1.11. The van der Waals surface area contributed by atoms with Crippen LogP contribution in [0.1, 0.15) is 11.3 Å².